The standard InChI is InChI=1S/C14H22N2OS/c1-11-4-7-18-12(11)8-13(17)16(2)10-14(9-15)5-3-6-14/h4,7H,3,5-6,8-10,15H2,1-2H3. The normalized spacial score (nSPS) is 17.3. The molecule has 0 spiro atoms. The van der Waals surface area contributed by atoms with Crippen molar-refractivity contribution in [3.05, 3.63) is 21.9 Å². The van der Waals surface area contributed by atoms with Crippen LogP contribution in [-0.2, 0) is 11.2 Å². The third-order valence-electron chi connectivity index (χ3n) is 4.13. The van der Waals surface area contributed by atoms with E-state index in [1.807, 2.05) is 17.3 Å². The number of nitrogens with two attached hydrogens (primary N) is 1. The molecule has 0 aromatic carbocycles. The van der Waals surface area contributed by atoms with Crippen molar-refractivity contribution >= 4 is 17.2 Å². The van der Waals surface area contributed by atoms with E-state index in [2.05, 4.69) is 13.0 Å². The largest absolute Gasteiger partial charge is 0.345 e. The number of likely N-dealkylation sites (N-methyl/N-ethyl adjacent to an activating group) is 1. The second kappa shape index (κ2) is 5.41. The molecule has 1 amide bonds. The predicted molar refractivity (Wildman–Crippen MR) is 75.7 cm³/mol. The molecule has 3 nitrogen and oxygen atoms in total. The van der Waals surface area contributed by atoms with E-state index >= 15 is 0 Å². The quantitative estimate of drug-likeness (QED) is 0.888. The van der Waals surface area contributed by atoms with Gasteiger partial charge in [-0.15, -0.1) is 11.3 Å². The molecule has 0 aliphatic heterocycles. The van der Waals surface area contributed by atoms with Crippen LogP contribution in [0.2, 0.25) is 0 Å². The molecular formula is C14H22N2OS. The lowest BCUT2D eigenvalue weighted by atomic mass is 9.68. The number of carbonyl (C=O) groups excluding carboxylic acids is 1. The number of amides is 1. The molecule has 0 radical (unpaired) electrons. The van der Waals surface area contributed by atoms with E-state index in [4.69, 9.17) is 5.73 Å². The molecule has 0 saturated heterocycles. The van der Waals surface area contributed by atoms with Gasteiger partial charge >= 0.3 is 0 Å². The van der Waals surface area contributed by atoms with Gasteiger partial charge in [-0.3, -0.25) is 4.79 Å². The van der Waals surface area contributed by atoms with Gasteiger partial charge in [0.25, 0.3) is 0 Å². The highest BCUT2D eigenvalue weighted by atomic mass is 32.1. The van der Waals surface area contributed by atoms with Crippen molar-refractivity contribution < 1.29 is 4.79 Å². The van der Waals surface area contributed by atoms with Gasteiger partial charge in [-0.25, -0.2) is 0 Å². The molecule has 2 rings (SSSR count). The third-order valence-corrected chi connectivity index (χ3v) is 5.15. The summed E-state index contributed by atoms with van der Waals surface area (Å²) in [6, 6.07) is 2.07. The number of carbonyl (C=O) groups is 1. The molecule has 1 aromatic rings. The maximum absolute atomic E-state index is 12.2. The Kier molecular flexibility index (Phi) is 4.07. The topological polar surface area (TPSA) is 46.3 Å². The lowest BCUT2D eigenvalue weighted by molar-refractivity contribution is -0.131. The summed E-state index contributed by atoms with van der Waals surface area (Å²) in [5.74, 6) is 0.209. The molecule has 1 aliphatic carbocycles. The monoisotopic (exact) mass is 266 g/mol. The predicted octanol–water partition coefficient (Wildman–Crippen LogP) is 2.19. The van der Waals surface area contributed by atoms with Crippen LogP contribution in [0, 0.1) is 12.3 Å². The molecule has 1 aromatic heterocycles. The summed E-state index contributed by atoms with van der Waals surface area (Å²) in [6.45, 7) is 3.57. The molecule has 100 valence electrons. The van der Waals surface area contributed by atoms with E-state index in [0.29, 0.717) is 13.0 Å². The molecule has 1 saturated carbocycles. The second-order valence-corrected chi connectivity index (χ2v) is 6.51. The van der Waals surface area contributed by atoms with Gasteiger partial charge in [0.15, 0.2) is 0 Å². The molecule has 1 fully saturated rings. The average Bonchev–Trinajstić information content (AvgIpc) is 2.69. The van der Waals surface area contributed by atoms with Crippen molar-refractivity contribution in [1.29, 1.82) is 0 Å². The van der Waals surface area contributed by atoms with Crippen LogP contribution in [0.4, 0.5) is 0 Å². The lowest BCUT2D eigenvalue weighted by Crippen LogP contribution is -2.47. The first-order chi connectivity index (χ1) is 8.56. The van der Waals surface area contributed by atoms with Crippen molar-refractivity contribution in [1.82, 2.24) is 4.90 Å². The summed E-state index contributed by atoms with van der Waals surface area (Å²) in [7, 11) is 1.90. The Morgan fingerprint density at radius 1 is 1.56 bits per heavy atom. The zero-order chi connectivity index (χ0) is 13.2. The Morgan fingerprint density at radius 2 is 2.28 bits per heavy atom. The average molecular weight is 266 g/mol. The first-order valence-corrected chi connectivity index (χ1v) is 7.41. The van der Waals surface area contributed by atoms with E-state index in [1.54, 1.807) is 11.3 Å². The smallest absolute Gasteiger partial charge is 0.227 e. The minimum Gasteiger partial charge on any atom is -0.345 e. The van der Waals surface area contributed by atoms with Gasteiger partial charge in [0.2, 0.25) is 5.91 Å². The summed E-state index contributed by atoms with van der Waals surface area (Å²) in [6.07, 6.45) is 4.11. The Hall–Kier alpha value is -0.870. The van der Waals surface area contributed by atoms with Crippen molar-refractivity contribution in [2.75, 3.05) is 20.1 Å². The molecule has 0 bridgehead atoms. The SMILES string of the molecule is Cc1ccsc1CC(=O)N(C)CC1(CN)CCC1. The van der Waals surface area contributed by atoms with Crippen molar-refractivity contribution in [3.8, 4) is 0 Å². The highest BCUT2D eigenvalue weighted by Gasteiger charge is 2.37. The Bertz CT molecular complexity index is 418. The van der Waals surface area contributed by atoms with Crippen LogP contribution in [0.3, 0.4) is 0 Å². The number of nitrogens with zero attached hydrogens (tertiary/aromatic N) is 1. The number of aryl methyl sites for hydroxylation is 1. The zero-order valence-electron chi connectivity index (χ0n) is 11.2. The summed E-state index contributed by atoms with van der Waals surface area (Å²) in [4.78, 5) is 15.2. The van der Waals surface area contributed by atoms with Gasteiger partial charge in [-0.2, -0.15) is 0 Å². The fourth-order valence-corrected chi connectivity index (χ4v) is 3.45. The van der Waals surface area contributed by atoms with Gasteiger partial charge in [-0.05, 0) is 43.3 Å². The lowest BCUT2D eigenvalue weighted by Gasteiger charge is -2.43. The van der Waals surface area contributed by atoms with Crippen molar-refractivity contribution in [2.24, 2.45) is 11.1 Å². The second-order valence-electron chi connectivity index (χ2n) is 5.51. The molecule has 0 atom stereocenters. The maximum Gasteiger partial charge on any atom is 0.227 e. The van der Waals surface area contributed by atoms with Crippen molar-refractivity contribution in [3.63, 3.8) is 0 Å². The van der Waals surface area contributed by atoms with E-state index in [1.165, 1.54) is 29.7 Å². The molecule has 1 heterocycles. The Morgan fingerprint density at radius 3 is 2.72 bits per heavy atom. The molecule has 2 N–H and O–H groups in total. The van der Waals surface area contributed by atoms with Crippen LogP contribution >= 0.6 is 11.3 Å². The molecule has 18 heavy (non-hydrogen) atoms. The van der Waals surface area contributed by atoms with E-state index in [-0.39, 0.29) is 11.3 Å². The number of rotatable bonds is 5. The highest BCUT2D eigenvalue weighted by Crippen LogP contribution is 2.40. The van der Waals surface area contributed by atoms with Crippen LogP contribution in [-0.4, -0.2) is 30.9 Å². The molecule has 4 heteroatoms. The Balaban J connectivity index is 1.91. The fraction of sp³-hybridized carbons (Fsp3) is 0.643. The van der Waals surface area contributed by atoms with Gasteiger partial charge in [0, 0.05) is 23.9 Å². The van der Waals surface area contributed by atoms with Gasteiger partial charge < -0.3 is 10.6 Å². The number of hydrogen-bond acceptors (Lipinski definition) is 3. The summed E-state index contributed by atoms with van der Waals surface area (Å²) in [5, 5.41) is 2.05. The van der Waals surface area contributed by atoms with Crippen LogP contribution in [0.15, 0.2) is 11.4 Å². The summed E-state index contributed by atoms with van der Waals surface area (Å²) < 4.78 is 0. The first kappa shape index (κ1) is 13.6. The van der Waals surface area contributed by atoms with Gasteiger partial charge in [0.1, 0.15) is 0 Å². The third kappa shape index (κ3) is 2.75. The minimum atomic E-state index is 0.203. The highest BCUT2D eigenvalue weighted by molar-refractivity contribution is 7.10. The first-order valence-electron chi connectivity index (χ1n) is 6.53. The minimum absolute atomic E-state index is 0.203. The van der Waals surface area contributed by atoms with Crippen molar-refractivity contribution in [2.45, 2.75) is 32.6 Å². The number of hydrogen-bond donors (Lipinski definition) is 1. The zero-order valence-corrected chi connectivity index (χ0v) is 12.1. The molecule has 0 unspecified atom stereocenters. The van der Waals surface area contributed by atoms with Crippen LogP contribution in [0.1, 0.15) is 29.7 Å². The summed E-state index contributed by atoms with van der Waals surface area (Å²) >= 11 is 1.67. The fourth-order valence-electron chi connectivity index (χ4n) is 2.55. The van der Waals surface area contributed by atoms with E-state index in [0.717, 1.165) is 6.54 Å². The molecule has 1 aliphatic rings. The molecular weight excluding hydrogens is 244 g/mol. The van der Waals surface area contributed by atoms with Crippen LogP contribution in [0.25, 0.3) is 0 Å². The van der Waals surface area contributed by atoms with E-state index < -0.39 is 0 Å². The number of thiophene rings is 1. The van der Waals surface area contributed by atoms with Gasteiger partial charge in [-0.1, -0.05) is 6.42 Å². The maximum atomic E-state index is 12.2. The van der Waals surface area contributed by atoms with Crippen LogP contribution < -0.4 is 5.73 Å². The summed E-state index contributed by atoms with van der Waals surface area (Å²) in [5.41, 5.74) is 7.27. The van der Waals surface area contributed by atoms with Gasteiger partial charge in [0.05, 0.1) is 6.42 Å². The Labute approximate surface area is 113 Å². The van der Waals surface area contributed by atoms with Crippen LogP contribution in [0.5, 0.6) is 0 Å². The van der Waals surface area contributed by atoms with E-state index in [9.17, 15) is 4.79 Å².